The molecule has 0 N–H and O–H groups in total. The van der Waals surface area contributed by atoms with Crippen LogP contribution in [0.3, 0.4) is 0 Å². The van der Waals surface area contributed by atoms with Gasteiger partial charge in [0.25, 0.3) is 0 Å². The second-order valence-corrected chi connectivity index (χ2v) is 25.3. The van der Waals surface area contributed by atoms with Gasteiger partial charge in [0.05, 0.1) is 0 Å². The second kappa shape index (κ2) is 12.4. The maximum absolute atomic E-state index is 2.73. The highest BCUT2D eigenvalue weighted by atomic mass is 31.1. The van der Waals surface area contributed by atoms with Gasteiger partial charge in [0.15, 0.2) is 0 Å². The Morgan fingerprint density at radius 2 is 1.16 bits per heavy atom. The van der Waals surface area contributed by atoms with Gasteiger partial charge in [0.2, 0.25) is 0 Å². The highest BCUT2D eigenvalue weighted by Gasteiger charge is 2.49. The van der Waals surface area contributed by atoms with E-state index in [1.807, 2.05) is 10.6 Å². The lowest BCUT2D eigenvalue weighted by Crippen LogP contribution is -2.36. The number of hydrogen-bond acceptors (Lipinski definition) is 0. The first kappa shape index (κ1) is 29.4. The molecule has 0 saturated carbocycles. The maximum atomic E-state index is 2.73. The molecule has 0 spiro atoms. The minimum atomic E-state index is -0.0497. The summed E-state index contributed by atoms with van der Waals surface area (Å²) in [5.41, 5.74) is 7.91. The monoisotopic (exact) mass is 576 g/mol. The molecule has 4 saturated heterocycles. The van der Waals surface area contributed by atoms with E-state index in [-0.39, 0.29) is 23.8 Å². The van der Waals surface area contributed by atoms with Crippen LogP contribution in [0, 0.1) is 11.8 Å². The first-order chi connectivity index (χ1) is 17.8. The van der Waals surface area contributed by atoms with E-state index in [1.165, 1.54) is 44.9 Å². The molecule has 0 amide bonds. The van der Waals surface area contributed by atoms with Gasteiger partial charge in [0.1, 0.15) is 0 Å². The number of benzene rings is 1. The average Bonchev–Trinajstić information content (AvgIpc) is 3.20. The van der Waals surface area contributed by atoms with E-state index >= 15 is 0 Å². The van der Waals surface area contributed by atoms with Crippen LogP contribution in [0.15, 0.2) is 24.3 Å². The van der Waals surface area contributed by atoms with E-state index in [2.05, 4.69) is 79.7 Å². The normalized spacial score (nSPS) is 46.4. The summed E-state index contributed by atoms with van der Waals surface area (Å²) in [6.07, 6.45) is 13.5. The molecule has 4 fully saturated rings. The van der Waals surface area contributed by atoms with Crippen LogP contribution in [0.5, 0.6) is 0 Å². The van der Waals surface area contributed by atoms with Crippen LogP contribution in [-0.2, 0) is 0 Å². The average molecular weight is 577 g/mol. The van der Waals surface area contributed by atoms with Gasteiger partial charge in [-0.2, -0.15) is 0 Å². The molecular formula is C33H56P4. The van der Waals surface area contributed by atoms with E-state index in [0.29, 0.717) is 7.92 Å². The summed E-state index contributed by atoms with van der Waals surface area (Å²) in [6, 6.07) is 10.0. The van der Waals surface area contributed by atoms with Crippen molar-refractivity contribution in [1.82, 2.24) is 0 Å². The number of hydrogen-bond donors (Lipinski definition) is 0. The summed E-state index contributed by atoms with van der Waals surface area (Å²) in [6.45, 7) is 20.7. The molecule has 4 aliphatic heterocycles. The zero-order chi connectivity index (χ0) is 26.4. The van der Waals surface area contributed by atoms with E-state index in [4.69, 9.17) is 0 Å². The highest BCUT2D eigenvalue weighted by molar-refractivity contribution is 7.73. The molecule has 4 heterocycles. The maximum Gasteiger partial charge on any atom is -0.0158 e. The molecule has 1 aromatic rings. The summed E-state index contributed by atoms with van der Waals surface area (Å²) in [7, 11) is 0.568. The van der Waals surface area contributed by atoms with E-state index in [1.54, 1.807) is 12.3 Å². The lowest BCUT2D eigenvalue weighted by molar-refractivity contribution is 0.285. The van der Waals surface area contributed by atoms with Gasteiger partial charge in [-0.05, 0) is 125 Å². The third-order valence-electron chi connectivity index (χ3n) is 11.6. The van der Waals surface area contributed by atoms with E-state index in [9.17, 15) is 0 Å². The van der Waals surface area contributed by atoms with Crippen molar-refractivity contribution in [2.24, 2.45) is 11.8 Å². The topological polar surface area (TPSA) is 0 Å². The van der Waals surface area contributed by atoms with Crippen molar-refractivity contribution >= 4 is 42.3 Å². The first-order valence-corrected chi connectivity index (χ1v) is 22.2. The molecule has 0 aliphatic carbocycles. The predicted octanol–water partition coefficient (Wildman–Crippen LogP) is 9.99. The molecule has 0 aromatic heterocycles. The fourth-order valence-electron chi connectivity index (χ4n) is 9.06. The quantitative estimate of drug-likeness (QED) is 0.270. The van der Waals surface area contributed by atoms with Gasteiger partial charge < -0.3 is 0 Å². The van der Waals surface area contributed by atoms with Crippen LogP contribution in [0.25, 0.3) is 0 Å². The summed E-state index contributed by atoms with van der Waals surface area (Å²) in [4.78, 5) is 0. The van der Waals surface area contributed by atoms with Crippen LogP contribution in [0.1, 0.15) is 100 Å². The van der Waals surface area contributed by atoms with Crippen LogP contribution in [-0.4, -0.2) is 57.6 Å². The zero-order valence-electron chi connectivity index (χ0n) is 25.2. The molecule has 208 valence electrons. The van der Waals surface area contributed by atoms with Crippen LogP contribution in [0.2, 0.25) is 0 Å². The van der Waals surface area contributed by atoms with Crippen molar-refractivity contribution in [1.29, 1.82) is 0 Å². The van der Waals surface area contributed by atoms with Crippen LogP contribution >= 0.6 is 31.7 Å². The van der Waals surface area contributed by atoms with E-state index < -0.39 is 0 Å². The largest absolute Gasteiger partial charge is 0.100 e. The lowest BCUT2D eigenvalue weighted by atomic mass is 9.81. The Hall–Kier alpha value is 0.940. The molecule has 5 rings (SSSR count). The molecule has 0 bridgehead atoms. The fraction of sp³-hybridized carbons (Fsp3) is 0.818. The molecule has 1 aromatic carbocycles. The highest BCUT2D eigenvalue weighted by Crippen LogP contribution is 2.69. The zero-order valence-corrected chi connectivity index (χ0v) is 28.8. The minimum absolute atomic E-state index is 0.0153. The summed E-state index contributed by atoms with van der Waals surface area (Å²) >= 11 is 0. The Balaban J connectivity index is 1.35. The predicted molar refractivity (Wildman–Crippen MR) is 178 cm³/mol. The van der Waals surface area contributed by atoms with Crippen LogP contribution < -0.4 is 10.6 Å². The number of rotatable bonds is 8. The smallest absolute Gasteiger partial charge is 0.0158 e. The summed E-state index contributed by atoms with van der Waals surface area (Å²) < 4.78 is 0. The van der Waals surface area contributed by atoms with Crippen molar-refractivity contribution in [3.05, 3.63) is 24.3 Å². The molecule has 0 radical (unpaired) electrons. The molecule has 0 nitrogen and oxygen atoms in total. The first-order valence-electron chi connectivity index (χ1n) is 16.0. The van der Waals surface area contributed by atoms with Crippen molar-refractivity contribution in [2.75, 3.05) is 12.3 Å². The van der Waals surface area contributed by atoms with Crippen molar-refractivity contribution in [2.45, 2.75) is 146 Å². The Morgan fingerprint density at radius 1 is 0.595 bits per heavy atom. The van der Waals surface area contributed by atoms with Gasteiger partial charge in [-0.15, -0.1) is 7.92 Å². The third kappa shape index (κ3) is 5.70. The standard InChI is InChI=1S/C33H56P4/c1-9-28-16-17-29(10-2)37(28)33-14-12-11-13-32(33)36-23(4)21-31(27(36)8)30-18-15-22(3)34(26(30)7)19-20-35-24(5)25(35)6/h11-14,22-31H,9-10,15-21H2,1-8H3/t22-,23+,24+,25+,26-,27+,28+,29+,30?,31?,34?,36?/m0/s1. The van der Waals surface area contributed by atoms with E-state index in [0.717, 1.165) is 57.1 Å². The molecule has 12 atom stereocenters. The Labute approximate surface area is 235 Å². The lowest BCUT2D eigenvalue weighted by Gasteiger charge is -2.45. The molecule has 4 heteroatoms. The van der Waals surface area contributed by atoms with Gasteiger partial charge in [-0.25, -0.2) is 0 Å². The summed E-state index contributed by atoms with van der Waals surface area (Å²) in [5.74, 6) is 1.98. The van der Waals surface area contributed by atoms with Crippen molar-refractivity contribution in [3.8, 4) is 0 Å². The SMILES string of the molecule is CC[C@@H]1CC[C@@H](CC)P1c1ccccc1P1[C@H](C)CC(C2CC[C@H](C)P(CCP3[C@H](C)[C@H]3C)[C@H]2C)[C@H]1C. The molecule has 4 aliphatic rings. The second-order valence-electron chi connectivity index (χ2n) is 13.3. The van der Waals surface area contributed by atoms with Gasteiger partial charge >= 0.3 is 0 Å². The van der Waals surface area contributed by atoms with Crippen molar-refractivity contribution < 1.29 is 0 Å². The Bertz CT molecular complexity index is 882. The third-order valence-corrected chi connectivity index (χ3v) is 26.2. The summed E-state index contributed by atoms with van der Waals surface area (Å²) in [5, 5.41) is 3.73. The van der Waals surface area contributed by atoms with Gasteiger partial charge in [-0.3, -0.25) is 0 Å². The van der Waals surface area contributed by atoms with Crippen molar-refractivity contribution in [3.63, 3.8) is 0 Å². The Kier molecular flexibility index (Phi) is 9.89. The fourth-order valence-corrected chi connectivity index (χ4v) is 24.0. The molecule has 4 unspecified atom stereocenters. The van der Waals surface area contributed by atoms with Crippen LogP contribution in [0.4, 0.5) is 0 Å². The van der Waals surface area contributed by atoms with Gasteiger partial charge in [0, 0.05) is 0 Å². The minimum Gasteiger partial charge on any atom is -0.100 e. The Morgan fingerprint density at radius 3 is 1.73 bits per heavy atom. The molecular weight excluding hydrogens is 520 g/mol. The van der Waals surface area contributed by atoms with Gasteiger partial charge in [-0.1, -0.05) is 103 Å². The molecule has 37 heavy (non-hydrogen) atoms.